The van der Waals surface area contributed by atoms with Gasteiger partial charge in [0.2, 0.25) is 0 Å². The van der Waals surface area contributed by atoms with Gasteiger partial charge in [0.15, 0.2) is 0 Å². The fourth-order valence-electron chi connectivity index (χ4n) is 0.632. The Kier molecular flexibility index (Phi) is 2.67. The lowest BCUT2D eigenvalue weighted by Crippen LogP contribution is -2.39. The van der Waals surface area contributed by atoms with Crippen molar-refractivity contribution >= 4 is 21.3 Å². The Bertz CT molecular complexity index is 322. The van der Waals surface area contributed by atoms with Crippen molar-refractivity contribution in [3.8, 4) is 0 Å². The summed E-state index contributed by atoms with van der Waals surface area (Å²) in [5.74, 6) is 0. The number of nitrogens with zero attached hydrogens (tertiary/aromatic N) is 1. The predicted octanol–water partition coefficient (Wildman–Crippen LogP) is -0.253. The monoisotopic (exact) mass is 239 g/mol. The summed E-state index contributed by atoms with van der Waals surface area (Å²) in [7, 11) is -5.52. The van der Waals surface area contributed by atoms with E-state index in [2.05, 4.69) is 4.18 Å². The number of sulfonamides is 1. The van der Waals surface area contributed by atoms with E-state index in [9.17, 15) is 25.8 Å². The lowest BCUT2D eigenvalue weighted by atomic mass is 10.8. The van der Waals surface area contributed by atoms with Gasteiger partial charge in [0.25, 0.3) is 11.3 Å². The van der Waals surface area contributed by atoms with Crippen molar-refractivity contribution in [2.45, 2.75) is 5.51 Å². The maximum atomic E-state index is 11.8. The molecule has 0 spiro atoms. The second-order valence-corrected chi connectivity index (χ2v) is 5.21. The maximum absolute atomic E-state index is 11.8. The van der Waals surface area contributed by atoms with Crippen molar-refractivity contribution in [3.05, 3.63) is 0 Å². The summed E-state index contributed by atoms with van der Waals surface area (Å²) in [4.78, 5) is 0. The third-order valence-electron chi connectivity index (χ3n) is 1.18. The first-order valence-corrected chi connectivity index (χ1v) is 5.38. The molecule has 1 rings (SSSR count). The zero-order valence-electron chi connectivity index (χ0n) is 5.94. The molecular weight excluding hydrogens is 235 g/mol. The quantitative estimate of drug-likeness (QED) is 0.632. The lowest BCUT2D eigenvalue weighted by molar-refractivity contribution is -0.0466. The van der Waals surface area contributed by atoms with Crippen LogP contribution in [0.25, 0.3) is 0 Å². The van der Waals surface area contributed by atoms with Crippen LogP contribution in [-0.2, 0) is 25.5 Å². The molecule has 1 aliphatic heterocycles. The van der Waals surface area contributed by atoms with Crippen molar-refractivity contribution in [2.24, 2.45) is 0 Å². The molecule has 1 unspecified atom stereocenters. The van der Waals surface area contributed by atoms with Crippen LogP contribution in [0.4, 0.5) is 13.2 Å². The van der Waals surface area contributed by atoms with Crippen LogP contribution in [0.3, 0.4) is 0 Å². The summed E-state index contributed by atoms with van der Waals surface area (Å²) in [6, 6.07) is 0. The van der Waals surface area contributed by atoms with Gasteiger partial charge in [0.05, 0.1) is 13.2 Å². The first kappa shape index (κ1) is 10.9. The zero-order chi connectivity index (χ0) is 10.3. The molecule has 0 aromatic rings. The number of hydrogen-bond acceptors (Lipinski definition) is 4. The Morgan fingerprint density at radius 2 is 1.92 bits per heavy atom. The minimum absolute atomic E-state index is 0.229. The molecule has 0 aromatic heterocycles. The van der Waals surface area contributed by atoms with E-state index < -0.39 is 33.3 Å². The van der Waals surface area contributed by atoms with Crippen LogP contribution < -0.4 is 0 Å². The molecule has 0 aliphatic carbocycles. The zero-order valence-corrected chi connectivity index (χ0v) is 7.58. The number of alkyl halides is 3. The van der Waals surface area contributed by atoms with Gasteiger partial charge >= 0.3 is 15.5 Å². The van der Waals surface area contributed by atoms with Crippen LogP contribution in [0.2, 0.25) is 0 Å². The van der Waals surface area contributed by atoms with Gasteiger partial charge < -0.3 is 0 Å². The third kappa shape index (κ3) is 1.85. The maximum Gasteiger partial charge on any atom is 0.512 e. The SMILES string of the molecule is O=S1OCCN1S(=O)(=O)C(F)(F)F. The first-order chi connectivity index (χ1) is 5.77. The van der Waals surface area contributed by atoms with Crippen molar-refractivity contribution in [2.75, 3.05) is 13.2 Å². The smallest absolute Gasteiger partial charge is 0.276 e. The molecule has 1 fully saturated rings. The van der Waals surface area contributed by atoms with Crippen LogP contribution in [0, 0.1) is 0 Å². The summed E-state index contributed by atoms with van der Waals surface area (Å²) < 4.78 is 71.2. The van der Waals surface area contributed by atoms with Crippen LogP contribution in [0.1, 0.15) is 0 Å². The molecule has 5 nitrogen and oxygen atoms in total. The Balaban J connectivity index is 3.01. The van der Waals surface area contributed by atoms with E-state index in [1.165, 1.54) is 0 Å². The van der Waals surface area contributed by atoms with Crippen LogP contribution in [0.5, 0.6) is 0 Å². The van der Waals surface area contributed by atoms with E-state index in [1.807, 2.05) is 0 Å². The molecule has 10 heteroatoms. The average Bonchev–Trinajstić information content (AvgIpc) is 2.32. The largest absolute Gasteiger partial charge is 0.512 e. The molecule has 0 saturated carbocycles. The van der Waals surface area contributed by atoms with Crippen LogP contribution >= 0.6 is 0 Å². The summed E-state index contributed by atoms with van der Waals surface area (Å²) in [5, 5.41) is 0. The highest BCUT2D eigenvalue weighted by Gasteiger charge is 2.53. The second-order valence-electron chi connectivity index (χ2n) is 2.02. The molecule has 13 heavy (non-hydrogen) atoms. The minimum atomic E-state index is -5.52. The highest BCUT2D eigenvalue weighted by atomic mass is 32.3. The van der Waals surface area contributed by atoms with E-state index in [0.29, 0.717) is 0 Å². The third-order valence-corrected chi connectivity index (χ3v) is 4.33. The summed E-state index contributed by atoms with van der Waals surface area (Å²) in [6.07, 6.45) is 0. The van der Waals surface area contributed by atoms with Gasteiger partial charge in [0, 0.05) is 0 Å². The van der Waals surface area contributed by atoms with Crippen LogP contribution in [0.15, 0.2) is 0 Å². The van der Waals surface area contributed by atoms with Gasteiger partial charge in [-0.25, -0.2) is 12.6 Å². The molecular formula is C3H4F3NO4S2. The molecule has 0 aromatic carbocycles. The Morgan fingerprint density at radius 3 is 2.23 bits per heavy atom. The Labute approximate surface area is 74.3 Å². The molecule has 78 valence electrons. The number of rotatable bonds is 1. The van der Waals surface area contributed by atoms with Crippen molar-refractivity contribution in [1.29, 1.82) is 0 Å². The number of hydrogen-bond donors (Lipinski definition) is 0. The first-order valence-electron chi connectivity index (χ1n) is 2.91. The van der Waals surface area contributed by atoms with Gasteiger partial charge in [-0.1, -0.05) is 3.71 Å². The molecule has 0 amide bonds. The highest BCUT2D eigenvalue weighted by Crippen LogP contribution is 2.29. The summed E-state index contributed by atoms with van der Waals surface area (Å²) in [5.41, 5.74) is -5.43. The molecule has 1 atom stereocenters. The van der Waals surface area contributed by atoms with E-state index in [4.69, 9.17) is 0 Å². The summed E-state index contributed by atoms with van der Waals surface area (Å²) in [6.45, 7) is -0.851. The lowest BCUT2D eigenvalue weighted by Gasteiger charge is -2.13. The topological polar surface area (TPSA) is 63.7 Å². The van der Waals surface area contributed by atoms with Gasteiger partial charge in [-0.15, -0.1) is 0 Å². The molecule has 1 saturated heterocycles. The van der Waals surface area contributed by atoms with Gasteiger partial charge in [0.1, 0.15) is 0 Å². The van der Waals surface area contributed by atoms with Gasteiger partial charge in [-0.3, -0.25) is 4.18 Å². The highest BCUT2D eigenvalue weighted by molar-refractivity contribution is 8.00. The Morgan fingerprint density at radius 1 is 1.38 bits per heavy atom. The van der Waals surface area contributed by atoms with E-state index in [0.717, 1.165) is 0 Å². The predicted molar refractivity (Wildman–Crippen MR) is 35.8 cm³/mol. The summed E-state index contributed by atoms with van der Waals surface area (Å²) >= 11 is -2.55. The minimum Gasteiger partial charge on any atom is -0.276 e. The fourth-order valence-corrected chi connectivity index (χ4v) is 2.76. The Hall–Kier alpha value is -0.190. The van der Waals surface area contributed by atoms with E-state index in [-0.39, 0.29) is 10.3 Å². The molecule has 1 heterocycles. The van der Waals surface area contributed by atoms with Gasteiger partial charge in [-0.2, -0.15) is 13.2 Å². The van der Waals surface area contributed by atoms with E-state index in [1.54, 1.807) is 0 Å². The number of halogens is 3. The van der Waals surface area contributed by atoms with Crippen molar-refractivity contribution in [1.82, 2.24) is 3.71 Å². The molecule has 0 radical (unpaired) electrons. The van der Waals surface area contributed by atoms with Crippen LogP contribution in [-0.4, -0.2) is 35.0 Å². The average molecular weight is 239 g/mol. The van der Waals surface area contributed by atoms with Gasteiger partial charge in [-0.05, 0) is 0 Å². The molecule has 1 aliphatic rings. The van der Waals surface area contributed by atoms with Crippen molar-refractivity contribution < 1.29 is 30.0 Å². The normalized spacial score (nSPS) is 26.5. The fraction of sp³-hybridized carbons (Fsp3) is 1.00. The van der Waals surface area contributed by atoms with Crippen molar-refractivity contribution in [3.63, 3.8) is 0 Å². The standard InChI is InChI=1S/C3H4F3NO4S2/c4-3(5,6)13(9,10)7-1-2-11-12(7)8/h1-2H2. The molecule has 0 N–H and O–H groups in total. The second kappa shape index (κ2) is 3.19. The van der Waals surface area contributed by atoms with E-state index >= 15 is 0 Å². The molecule has 0 bridgehead atoms.